The average Bonchev–Trinajstić information content (AvgIpc) is 3.31. The molecule has 0 fully saturated rings. The highest BCUT2D eigenvalue weighted by atomic mass is 35.5. The fourth-order valence-corrected chi connectivity index (χ4v) is 4.18. The molecule has 3 aromatic heterocycles. The Labute approximate surface area is 170 Å². The molecule has 4 aromatic rings. The van der Waals surface area contributed by atoms with Crippen molar-refractivity contribution in [3.63, 3.8) is 0 Å². The van der Waals surface area contributed by atoms with Gasteiger partial charge in [-0.15, -0.1) is 11.3 Å². The number of fused-ring (bicyclic) bond motifs is 1. The quantitative estimate of drug-likeness (QED) is 0.428. The molecule has 0 saturated heterocycles. The van der Waals surface area contributed by atoms with E-state index in [1.165, 1.54) is 18.4 Å². The Balaban J connectivity index is 1.74. The SMILES string of the molecule is COC(=O)c1sc(-n2cnc3ccncc32)cc1OC(C)c1ccccc1Cl. The standard InChI is InChI=1S/C20H16ClN3O3S/c1-12(13-5-3-4-6-14(13)21)27-17-9-18(28-19(17)20(25)26-2)24-11-23-15-7-8-22-10-16(15)24/h3-12H,1-2H3. The second kappa shape index (κ2) is 7.61. The van der Waals surface area contributed by atoms with Crippen LogP contribution in [0.25, 0.3) is 16.0 Å². The predicted molar refractivity (Wildman–Crippen MR) is 109 cm³/mol. The van der Waals surface area contributed by atoms with Gasteiger partial charge in [0, 0.05) is 22.8 Å². The van der Waals surface area contributed by atoms with Gasteiger partial charge in [0.15, 0.2) is 4.88 Å². The molecule has 0 spiro atoms. The van der Waals surface area contributed by atoms with Crippen molar-refractivity contribution in [1.29, 1.82) is 0 Å². The van der Waals surface area contributed by atoms with Crippen molar-refractivity contribution in [3.05, 3.63) is 70.6 Å². The lowest BCUT2D eigenvalue weighted by atomic mass is 10.1. The third kappa shape index (κ3) is 3.34. The number of esters is 1. The van der Waals surface area contributed by atoms with Crippen LogP contribution in [0.1, 0.15) is 28.3 Å². The van der Waals surface area contributed by atoms with E-state index in [9.17, 15) is 4.79 Å². The van der Waals surface area contributed by atoms with Crippen molar-refractivity contribution in [2.24, 2.45) is 0 Å². The van der Waals surface area contributed by atoms with E-state index in [4.69, 9.17) is 21.1 Å². The molecule has 0 amide bonds. The van der Waals surface area contributed by atoms with Gasteiger partial charge < -0.3 is 9.47 Å². The summed E-state index contributed by atoms with van der Waals surface area (Å²) in [6.45, 7) is 1.89. The number of halogens is 1. The Bertz CT molecular complexity index is 1150. The van der Waals surface area contributed by atoms with Crippen molar-refractivity contribution >= 4 is 39.9 Å². The van der Waals surface area contributed by atoms with E-state index < -0.39 is 5.97 Å². The summed E-state index contributed by atoms with van der Waals surface area (Å²) in [4.78, 5) is 21.2. The molecule has 1 unspecified atom stereocenters. The zero-order valence-corrected chi connectivity index (χ0v) is 16.7. The first-order chi connectivity index (χ1) is 13.6. The van der Waals surface area contributed by atoms with Gasteiger partial charge in [-0.2, -0.15) is 0 Å². The number of methoxy groups -OCH3 is 1. The number of carbonyl (C=O) groups excluding carboxylic acids is 1. The number of ether oxygens (including phenoxy) is 2. The van der Waals surface area contributed by atoms with Gasteiger partial charge in [-0.05, 0) is 19.1 Å². The first-order valence-corrected chi connectivity index (χ1v) is 9.68. The van der Waals surface area contributed by atoms with Crippen LogP contribution in [0.5, 0.6) is 5.75 Å². The zero-order chi connectivity index (χ0) is 19.7. The van der Waals surface area contributed by atoms with E-state index in [-0.39, 0.29) is 6.10 Å². The van der Waals surface area contributed by atoms with Crippen LogP contribution in [0, 0.1) is 0 Å². The summed E-state index contributed by atoms with van der Waals surface area (Å²) in [7, 11) is 1.35. The van der Waals surface area contributed by atoms with E-state index in [2.05, 4.69) is 9.97 Å². The molecule has 0 saturated carbocycles. The number of imidazole rings is 1. The summed E-state index contributed by atoms with van der Waals surface area (Å²) < 4.78 is 12.9. The number of rotatable bonds is 5. The van der Waals surface area contributed by atoms with E-state index in [0.29, 0.717) is 15.6 Å². The lowest BCUT2D eigenvalue weighted by Gasteiger charge is -2.16. The van der Waals surface area contributed by atoms with Gasteiger partial charge in [0.2, 0.25) is 0 Å². The topological polar surface area (TPSA) is 66.2 Å². The van der Waals surface area contributed by atoms with Gasteiger partial charge >= 0.3 is 5.97 Å². The van der Waals surface area contributed by atoms with Crippen LogP contribution in [-0.4, -0.2) is 27.6 Å². The number of carbonyl (C=O) groups is 1. The highest BCUT2D eigenvalue weighted by Crippen LogP contribution is 2.37. The summed E-state index contributed by atoms with van der Waals surface area (Å²) in [5, 5.41) is 1.38. The minimum absolute atomic E-state index is 0.347. The van der Waals surface area contributed by atoms with Crippen LogP contribution >= 0.6 is 22.9 Å². The van der Waals surface area contributed by atoms with Crippen LogP contribution in [0.2, 0.25) is 5.02 Å². The fraction of sp³-hybridized carbons (Fsp3) is 0.150. The molecule has 0 aliphatic carbocycles. The lowest BCUT2D eigenvalue weighted by molar-refractivity contribution is 0.0600. The molecule has 0 aliphatic rings. The van der Waals surface area contributed by atoms with Crippen molar-refractivity contribution in [2.45, 2.75) is 13.0 Å². The van der Waals surface area contributed by atoms with E-state index in [0.717, 1.165) is 21.6 Å². The predicted octanol–water partition coefficient (Wildman–Crippen LogP) is 5.06. The van der Waals surface area contributed by atoms with Crippen molar-refractivity contribution in [1.82, 2.24) is 14.5 Å². The second-order valence-electron chi connectivity index (χ2n) is 6.03. The first kappa shape index (κ1) is 18.5. The summed E-state index contributed by atoms with van der Waals surface area (Å²) in [6.07, 6.45) is 4.77. The molecule has 8 heteroatoms. The Morgan fingerprint density at radius 1 is 1.29 bits per heavy atom. The maximum absolute atomic E-state index is 12.3. The van der Waals surface area contributed by atoms with Gasteiger partial charge in [0.05, 0.1) is 24.3 Å². The molecular weight excluding hydrogens is 398 g/mol. The maximum Gasteiger partial charge on any atom is 0.351 e. The number of nitrogens with zero attached hydrogens (tertiary/aromatic N) is 3. The van der Waals surface area contributed by atoms with Gasteiger partial charge in [-0.25, -0.2) is 9.78 Å². The molecule has 0 bridgehead atoms. The molecule has 1 aromatic carbocycles. The number of benzene rings is 1. The van der Waals surface area contributed by atoms with Crippen LogP contribution in [0.15, 0.2) is 55.1 Å². The van der Waals surface area contributed by atoms with Crippen molar-refractivity contribution < 1.29 is 14.3 Å². The second-order valence-corrected chi connectivity index (χ2v) is 7.47. The summed E-state index contributed by atoms with van der Waals surface area (Å²) in [6, 6.07) is 11.1. The Morgan fingerprint density at radius 3 is 2.89 bits per heavy atom. The number of thiophene rings is 1. The van der Waals surface area contributed by atoms with Crippen LogP contribution in [-0.2, 0) is 4.74 Å². The molecule has 28 heavy (non-hydrogen) atoms. The molecule has 0 N–H and O–H groups in total. The minimum atomic E-state index is -0.458. The fourth-order valence-electron chi connectivity index (χ4n) is 2.89. The molecule has 3 heterocycles. The Kier molecular flexibility index (Phi) is 5.02. The average molecular weight is 414 g/mol. The van der Waals surface area contributed by atoms with Crippen LogP contribution < -0.4 is 4.74 Å². The van der Waals surface area contributed by atoms with E-state index >= 15 is 0 Å². The lowest BCUT2D eigenvalue weighted by Crippen LogP contribution is -2.07. The monoisotopic (exact) mass is 413 g/mol. The summed E-state index contributed by atoms with van der Waals surface area (Å²) >= 11 is 7.55. The van der Waals surface area contributed by atoms with Gasteiger partial charge in [-0.1, -0.05) is 29.8 Å². The highest BCUT2D eigenvalue weighted by molar-refractivity contribution is 7.16. The number of pyridine rings is 1. The minimum Gasteiger partial charge on any atom is -0.484 e. The zero-order valence-electron chi connectivity index (χ0n) is 15.1. The van der Waals surface area contributed by atoms with Gasteiger partial charge in [-0.3, -0.25) is 9.55 Å². The first-order valence-electron chi connectivity index (χ1n) is 8.49. The van der Waals surface area contributed by atoms with E-state index in [1.807, 2.05) is 41.8 Å². The van der Waals surface area contributed by atoms with Gasteiger partial charge in [0.1, 0.15) is 23.2 Å². The Hall–Kier alpha value is -2.90. The third-order valence-corrected chi connectivity index (χ3v) is 5.73. The molecule has 1 atom stereocenters. The highest BCUT2D eigenvalue weighted by Gasteiger charge is 2.22. The third-order valence-electron chi connectivity index (χ3n) is 4.29. The Morgan fingerprint density at radius 2 is 2.11 bits per heavy atom. The van der Waals surface area contributed by atoms with E-state index in [1.54, 1.807) is 24.8 Å². The molecule has 0 aliphatic heterocycles. The normalized spacial score (nSPS) is 12.1. The number of hydrogen-bond acceptors (Lipinski definition) is 6. The summed E-state index contributed by atoms with van der Waals surface area (Å²) in [5.41, 5.74) is 2.49. The van der Waals surface area contributed by atoms with Crippen LogP contribution in [0.4, 0.5) is 0 Å². The molecule has 6 nitrogen and oxygen atoms in total. The molecule has 4 rings (SSSR count). The van der Waals surface area contributed by atoms with Crippen molar-refractivity contribution in [2.75, 3.05) is 7.11 Å². The summed E-state index contributed by atoms with van der Waals surface area (Å²) in [5.74, 6) is -0.0230. The molecule has 142 valence electrons. The number of hydrogen-bond donors (Lipinski definition) is 0. The largest absolute Gasteiger partial charge is 0.484 e. The maximum atomic E-state index is 12.3. The van der Waals surface area contributed by atoms with Crippen molar-refractivity contribution in [3.8, 4) is 10.8 Å². The molecule has 0 radical (unpaired) electrons. The van der Waals surface area contributed by atoms with Gasteiger partial charge in [0.25, 0.3) is 0 Å². The molecular formula is C20H16ClN3O3S. The smallest absolute Gasteiger partial charge is 0.351 e. The van der Waals surface area contributed by atoms with Crippen LogP contribution in [0.3, 0.4) is 0 Å². The number of aromatic nitrogens is 3.